The molecule has 3 aromatic rings. The summed E-state index contributed by atoms with van der Waals surface area (Å²) in [7, 11) is 3.22. The van der Waals surface area contributed by atoms with Gasteiger partial charge in [0.1, 0.15) is 17.3 Å². The van der Waals surface area contributed by atoms with Gasteiger partial charge in [-0.2, -0.15) is 0 Å². The van der Waals surface area contributed by atoms with E-state index < -0.39 is 0 Å². The van der Waals surface area contributed by atoms with Gasteiger partial charge in [0.2, 0.25) is 0 Å². The molecule has 1 amide bonds. The summed E-state index contributed by atoms with van der Waals surface area (Å²) in [5.41, 5.74) is 2.06. The molecule has 7 nitrogen and oxygen atoms in total. The van der Waals surface area contributed by atoms with E-state index >= 15 is 0 Å². The van der Waals surface area contributed by atoms with E-state index in [-0.39, 0.29) is 11.5 Å². The second kappa shape index (κ2) is 9.20. The average molecular weight is 421 g/mol. The number of benzene rings is 2. The largest absolute Gasteiger partial charge is 0.497 e. The summed E-state index contributed by atoms with van der Waals surface area (Å²) in [5, 5.41) is 3.50. The minimum Gasteiger partial charge on any atom is -0.497 e. The second-order valence-electron chi connectivity index (χ2n) is 7.71. The molecule has 4 rings (SSSR count). The Kier molecular flexibility index (Phi) is 6.21. The fourth-order valence-corrected chi connectivity index (χ4v) is 4.03. The summed E-state index contributed by atoms with van der Waals surface area (Å²) < 4.78 is 12.4. The van der Waals surface area contributed by atoms with Crippen LogP contribution in [0.5, 0.6) is 11.5 Å². The highest BCUT2D eigenvalue weighted by Crippen LogP contribution is 2.24. The average Bonchev–Trinajstić information content (AvgIpc) is 3.04. The smallest absolute Gasteiger partial charge is 0.261 e. The zero-order valence-electron chi connectivity index (χ0n) is 17.9. The molecule has 0 spiro atoms. The molecule has 0 radical (unpaired) electrons. The molecule has 2 heterocycles. The summed E-state index contributed by atoms with van der Waals surface area (Å²) >= 11 is 0. The van der Waals surface area contributed by atoms with Gasteiger partial charge in [0.05, 0.1) is 25.1 Å². The molecule has 1 aromatic heterocycles. The van der Waals surface area contributed by atoms with Crippen LogP contribution in [0, 0.1) is 0 Å². The molecule has 162 valence electrons. The minimum absolute atomic E-state index is 0.0135. The Morgan fingerprint density at radius 3 is 2.77 bits per heavy atom. The van der Waals surface area contributed by atoms with Crippen LogP contribution in [0.25, 0.3) is 10.9 Å². The Balaban J connectivity index is 1.49. The lowest BCUT2D eigenvalue weighted by molar-refractivity contribution is 0.0954. The number of hydrogen-bond acceptors (Lipinski definition) is 5. The summed E-state index contributed by atoms with van der Waals surface area (Å²) in [6, 6.07) is 10.8. The Morgan fingerprint density at radius 1 is 1.10 bits per heavy atom. The molecule has 31 heavy (non-hydrogen) atoms. The molecule has 0 atom stereocenters. The first-order chi connectivity index (χ1) is 15.1. The third kappa shape index (κ3) is 4.40. The predicted octanol–water partition coefficient (Wildman–Crippen LogP) is 3.11. The molecule has 1 N–H and O–H groups in total. The van der Waals surface area contributed by atoms with Crippen LogP contribution in [0.4, 0.5) is 0 Å². The van der Waals surface area contributed by atoms with Gasteiger partial charge < -0.3 is 14.8 Å². The lowest BCUT2D eigenvalue weighted by Gasteiger charge is -2.12. The topological polar surface area (TPSA) is 82.5 Å². The zero-order valence-corrected chi connectivity index (χ0v) is 17.9. The van der Waals surface area contributed by atoms with Crippen LogP contribution in [0.3, 0.4) is 0 Å². The molecule has 0 saturated heterocycles. The van der Waals surface area contributed by atoms with Gasteiger partial charge in [-0.05, 0) is 49.1 Å². The number of carbonyl (C=O) groups excluding carboxylic acids is 1. The van der Waals surface area contributed by atoms with E-state index in [0.717, 1.165) is 48.6 Å². The van der Waals surface area contributed by atoms with Gasteiger partial charge in [-0.15, -0.1) is 0 Å². The van der Waals surface area contributed by atoms with Gasteiger partial charge in [-0.25, -0.2) is 4.98 Å². The van der Waals surface area contributed by atoms with Crippen molar-refractivity contribution < 1.29 is 14.3 Å². The first kappa shape index (κ1) is 20.9. The number of ether oxygens (including phenoxy) is 2. The van der Waals surface area contributed by atoms with E-state index in [1.807, 2.05) is 18.2 Å². The number of carbonyl (C=O) groups is 1. The number of nitrogens with zero attached hydrogens (tertiary/aromatic N) is 2. The van der Waals surface area contributed by atoms with Crippen molar-refractivity contribution in [2.45, 2.75) is 38.6 Å². The van der Waals surface area contributed by atoms with Crippen LogP contribution >= 0.6 is 0 Å². The lowest BCUT2D eigenvalue weighted by atomic mass is 10.1. The summed E-state index contributed by atoms with van der Waals surface area (Å²) in [4.78, 5) is 30.2. The Hall–Kier alpha value is -3.35. The maximum atomic E-state index is 12.8. The highest BCUT2D eigenvalue weighted by Gasteiger charge is 2.15. The Bertz CT molecular complexity index is 1170. The molecule has 1 aliphatic rings. The van der Waals surface area contributed by atoms with E-state index in [2.05, 4.69) is 5.32 Å². The molecule has 0 unspecified atom stereocenters. The SMILES string of the molecule is COc1ccc(CCNC(=O)c2ccc3c(=O)n4c(nc3c2)CCCCC4)c(OC)c1. The molecule has 1 aliphatic heterocycles. The fraction of sp³-hybridized carbons (Fsp3) is 0.375. The number of aryl methyl sites for hydroxylation is 1. The molecular formula is C24H27N3O4. The second-order valence-corrected chi connectivity index (χ2v) is 7.71. The Morgan fingerprint density at radius 2 is 1.97 bits per heavy atom. The van der Waals surface area contributed by atoms with Gasteiger partial charge in [-0.1, -0.05) is 12.5 Å². The highest BCUT2D eigenvalue weighted by molar-refractivity contribution is 5.97. The van der Waals surface area contributed by atoms with Crippen molar-refractivity contribution in [1.29, 1.82) is 0 Å². The summed E-state index contributed by atoms with van der Waals surface area (Å²) in [6.45, 7) is 1.17. The van der Waals surface area contributed by atoms with Crippen LogP contribution in [0.2, 0.25) is 0 Å². The van der Waals surface area contributed by atoms with Crippen LogP contribution in [-0.4, -0.2) is 36.2 Å². The Labute approximate surface area is 181 Å². The van der Waals surface area contributed by atoms with Gasteiger partial charge in [0.15, 0.2) is 0 Å². The molecule has 0 bridgehead atoms. The van der Waals surface area contributed by atoms with E-state index in [9.17, 15) is 9.59 Å². The highest BCUT2D eigenvalue weighted by atomic mass is 16.5. The number of aromatic nitrogens is 2. The van der Waals surface area contributed by atoms with Crippen molar-refractivity contribution in [3.63, 3.8) is 0 Å². The van der Waals surface area contributed by atoms with Crippen molar-refractivity contribution in [3.8, 4) is 11.5 Å². The quantitative estimate of drug-likeness (QED) is 0.661. The minimum atomic E-state index is -0.189. The third-order valence-corrected chi connectivity index (χ3v) is 5.75. The van der Waals surface area contributed by atoms with Crippen molar-refractivity contribution >= 4 is 16.8 Å². The molecule has 2 aromatic carbocycles. The normalized spacial score (nSPS) is 13.4. The first-order valence-electron chi connectivity index (χ1n) is 10.6. The number of methoxy groups -OCH3 is 2. The van der Waals surface area contributed by atoms with Gasteiger partial charge >= 0.3 is 0 Å². The summed E-state index contributed by atoms with van der Waals surface area (Å²) in [5.74, 6) is 2.08. The maximum absolute atomic E-state index is 12.8. The molecule has 0 saturated carbocycles. The fourth-order valence-electron chi connectivity index (χ4n) is 4.03. The summed E-state index contributed by atoms with van der Waals surface area (Å²) in [6.07, 6.45) is 4.56. The van der Waals surface area contributed by atoms with E-state index in [4.69, 9.17) is 14.5 Å². The van der Waals surface area contributed by atoms with Gasteiger partial charge in [-0.3, -0.25) is 14.2 Å². The third-order valence-electron chi connectivity index (χ3n) is 5.75. The maximum Gasteiger partial charge on any atom is 0.261 e. The molecule has 7 heteroatoms. The van der Waals surface area contributed by atoms with Crippen LogP contribution in [-0.2, 0) is 19.4 Å². The number of fused-ring (bicyclic) bond motifs is 2. The van der Waals surface area contributed by atoms with E-state index in [1.54, 1.807) is 37.0 Å². The molecular weight excluding hydrogens is 394 g/mol. The van der Waals surface area contributed by atoms with Gasteiger partial charge in [0.25, 0.3) is 11.5 Å². The van der Waals surface area contributed by atoms with Crippen LogP contribution < -0.4 is 20.3 Å². The van der Waals surface area contributed by atoms with Crippen molar-refractivity contribution in [3.05, 3.63) is 63.7 Å². The van der Waals surface area contributed by atoms with Crippen molar-refractivity contribution in [1.82, 2.24) is 14.9 Å². The van der Waals surface area contributed by atoms with Crippen molar-refractivity contribution in [2.75, 3.05) is 20.8 Å². The number of rotatable bonds is 6. The standard InChI is InChI=1S/C24H27N3O4/c1-30-18-9-7-16(21(15-18)31-2)11-12-25-23(28)17-8-10-19-20(14-17)26-22-6-4-3-5-13-27(22)24(19)29/h7-10,14-15H,3-6,11-13H2,1-2H3,(H,25,28). The van der Waals surface area contributed by atoms with Crippen molar-refractivity contribution in [2.24, 2.45) is 0 Å². The van der Waals surface area contributed by atoms with E-state index in [1.165, 1.54) is 0 Å². The molecule has 0 aliphatic carbocycles. The molecule has 0 fully saturated rings. The zero-order chi connectivity index (χ0) is 21.8. The number of amides is 1. The number of nitrogens with one attached hydrogen (secondary N) is 1. The van der Waals surface area contributed by atoms with E-state index in [0.29, 0.717) is 36.0 Å². The lowest BCUT2D eigenvalue weighted by Crippen LogP contribution is -2.27. The van der Waals surface area contributed by atoms with Crippen LogP contribution in [0.15, 0.2) is 41.2 Å². The monoisotopic (exact) mass is 421 g/mol. The first-order valence-corrected chi connectivity index (χ1v) is 10.6. The van der Waals surface area contributed by atoms with Crippen LogP contribution in [0.1, 0.15) is 41.0 Å². The number of hydrogen-bond donors (Lipinski definition) is 1. The predicted molar refractivity (Wildman–Crippen MR) is 119 cm³/mol. The van der Waals surface area contributed by atoms with Gasteiger partial charge in [0, 0.05) is 31.1 Å².